The first-order valence-corrected chi connectivity index (χ1v) is 8.07. The lowest BCUT2D eigenvalue weighted by atomic mass is 9.95. The second-order valence-corrected chi connectivity index (χ2v) is 5.58. The molecule has 0 aliphatic heterocycles. The van der Waals surface area contributed by atoms with Gasteiger partial charge in [0.15, 0.2) is 6.73 Å². The summed E-state index contributed by atoms with van der Waals surface area (Å²) in [6.45, 7) is 2.76. The molecule has 1 N–H and O–H groups in total. The van der Waals surface area contributed by atoms with E-state index in [1.807, 2.05) is 38.2 Å². The van der Waals surface area contributed by atoms with E-state index in [1.54, 1.807) is 4.90 Å². The first-order valence-electron chi connectivity index (χ1n) is 8.07. The Hall–Kier alpha value is -1.91. The van der Waals surface area contributed by atoms with E-state index in [2.05, 4.69) is 5.32 Å². The number of nitrogens with zero attached hydrogens (tertiary/aromatic N) is 1. The van der Waals surface area contributed by atoms with Gasteiger partial charge in [-0.3, -0.25) is 0 Å². The van der Waals surface area contributed by atoms with Crippen molar-refractivity contribution < 1.29 is 14.3 Å². The van der Waals surface area contributed by atoms with Crippen LogP contribution in [0.3, 0.4) is 0 Å². The van der Waals surface area contributed by atoms with Gasteiger partial charge in [-0.1, -0.05) is 19.3 Å². The van der Waals surface area contributed by atoms with Crippen molar-refractivity contribution in [2.45, 2.75) is 45.1 Å². The Labute approximate surface area is 132 Å². The number of benzene rings is 1. The van der Waals surface area contributed by atoms with Gasteiger partial charge in [0, 0.05) is 13.1 Å². The summed E-state index contributed by atoms with van der Waals surface area (Å²) in [6.07, 6.45) is 5.91. The van der Waals surface area contributed by atoms with Gasteiger partial charge in [-0.25, -0.2) is 4.79 Å². The van der Waals surface area contributed by atoms with Crippen LogP contribution in [0.1, 0.15) is 39.0 Å². The Morgan fingerprint density at radius 2 is 1.73 bits per heavy atom. The van der Waals surface area contributed by atoms with E-state index < -0.39 is 0 Å². The van der Waals surface area contributed by atoms with Gasteiger partial charge in [0.1, 0.15) is 11.5 Å². The van der Waals surface area contributed by atoms with E-state index in [1.165, 1.54) is 19.3 Å². The molecule has 122 valence electrons. The van der Waals surface area contributed by atoms with Crippen molar-refractivity contribution in [2.24, 2.45) is 0 Å². The fraction of sp³-hybridized carbons (Fsp3) is 0.588. The molecule has 1 fully saturated rings. The van der Waals surface area contributed by atoms with Crippen LogP contribution in [-0.4, -0.2) is 37.4 Å². The van der Waals surface area contributed by atoms with Crippen LogP contribution in [0.4, 0.5) is 4.79 Å². The standard InChI is InChI=1S/C17H26N2O3/c1-3-21-15-9-11-16(12-10-15)22-13-18-17(20)19(2)14-7-5-4-6-8-14/h9-12,14H,3-8,13H2,1-2H3,(H,18,20). The number of nitrogens with one attached hydrogen (secondary N) is 1. The van der Waals surface area contributed by atoms with E-state index in [4.69, 9.17) is 9.47 Å². The molecule has 0 unspecified atom stereocenters. The minimum Gasteiger partial charge on any atom is -0.494 e. The third-order valence-corrected chi connectivity index (χ3v) is 4.04. The Balaban J connectivity index is 1.71. The van der Waals surface area contributed by atoms with Crippen molar-refractivity contribution >= 4 is 6.03 Å². The minimum absolute atomic E-state index is 0.0714. The molecule has 1 aromatic rings. The lowest BCUT2D eigenvalue weighted by molar-refractivity contribution is 0.163. The SMILES string of the molecule is CCOc1ccc(OCNC(=O)N(C)C2CCCCC2)cc1. The zero-order valence-corrected chi connectivity index (χ0v) is 13.5. The summed E-state index contributed by atoms with van der Waals surface area (Å²) in [5.74, 6) is 1.53. The van der Waals surface area contributed by atoms with E-state index in [9.17, 15) is 4.79 Å². The average Bonchev–Trinajstić information content (AvgIpc) is 2.56. The lowest BCUT2D eigenvalue weighted by Crippen LogP contribution is -2.45. The summed E-state index contributed by atoms with van der Waals surface area (Å²) >= 11 is 0. The molecule has 22 heavy (non-hydrogen) atoms. The van der Waals surface area contributed by atoms with Gasteiger partial charge >= 0.3 is 6.03 Å². The Morgan fingerprint density at radius 1 is 1.14 bits per heavy atom. The van der Waals surface area contributed by atoms with Gasteiger partial charge in [0.2, 0.25) is 0 Å². The van der Waals surface area contributed by atoms with Gasteiger partial charge in [0.25, 0.3) is 0 Å². The molecule has 0 bridgehead atoms. The molecule has 0 radical (unpaired) electrons. The molecule has 5 heteroatoms. The first-order chi connectivity index (χ1) is 10.7. The van der Waals surface area contributed by atoms with Crippen molar-refractivity contribution in [1.29, 1.82) is 0 Å². The molecule has 0 aromatic heterocycles. The molecule has 1 aliphatic carbocycles. The number of rotatable bonds is 6. The summed E-state index contributed by atoms with van der Waals surface area (Å²) in [6, 6.07) is 7.67. The maximum Gasteiger partial charge on any atom is 0.319 e. The second kappa shape index (κ2) is 8.51. The summed E-state index contributed by atoms with van der Waals surface area (Å²) in [4.78, 5) is 13.9. The highest BCUT2D eigenvalue weighted by atomic mass is 16.5. The average molecular weight is 306 g/mol. The zero-order valence-electron chi connectivity index (χ0n) is 13.5. The summed E-state index contributed by atoms with van der Waals surface area (Å²) in [7, 11) is 1.86. The van der Waals surface area contributed by atoms with Crippen molar-refractivity contribution in [3.05, 3.63) is 24.3 Å². The monoisotopic (exact) mass is 306 g/mol. The normalized spacial score (nSPS) is 15.2. The Kier molecular flexibility index (Phi) is 6.37. The summed E-state index contributed by atoms with van der Waals surface area (Å²) < 4.78 is 10.9. The van der Waals surface area contributed by atoms with Crippen LogP contribution in [0.15, 0.2) is 24.3 Å². The highest BCUT2D eigenvalue weighted by Crippen LogP contribution is 2.21. The van der Waals surface area contributed by atoms with Crippen molar-refractivity contribution in [3.63, 3.8) is 0 Å². The third-order valence-electron chi connectivity index (χ3n) is 4.04. The molecule has 1 aromatic carbocycles. The molecular weight excluding hydrogens is 280 g/mol. The van der Waals surface area contributed by atoms with E-state index in [0.717, 1.165) is 18.6 Å². The van der Waals surface area contributed by atoms with Crippen LogP contribution >= 0.6 is 0 Å². The highest BCUT2D eigenvalue weighted by molar-refractivity contribution is 5.74. The highest BCUT2D eigenvalue weighted by Gasteiger charge is 2.21. The number of carbonyl (C=O) groups excluding carboxylic acids is 1. The van der Waals surface area contributed by atoms with E-state index in [-0.39, 0.29) is 12.8 Å². The van der Waals surface area contributed by atoms with E-state index in [0.29, 0.717) is 18.4 Å². The van der Waals surface area contributed by atoms with Crippen molar-refractivity contribution in [1.82, 2.24) is 10.2 Å². The molecule has 0 saturated heterocycles. The molecule has 2 amide bonds. The number of amides is 2. The molecule has 1 aliphatic rings. The van der Waals surface area contributed by atoms with Gasteiger partial charge in [-0.05, 0) is 44.0 Å². The van der Waals surface area contributed by atoms with Crippen molar-refractivity contribution in [3.8, 4) is 11.5 Å². The zero-order chi connectivity index (χ0) is 15.8. The van der Waals surface area contributed by atoms with Gasteiger partial charge in [-0.15, -0.1) is 0 Å². The van der Waals surface area contributed by atoms with E-state index >= 15 is 0 Å². The number of hydrogen-bond acceptors (Lipinski definition) is 3. The largest absolute Gasteiger partial charge is 0.494 e. The van der Waals surface area contributed by atoms with Crippen molar-refractivity contribution in [2.75, 3.05) is 20.4 Å². The molecule has 2 rings (SSSR count). The maximum absolute atomic E-state index is 12.1. The fourth-order valence-electron chi connectivity index (χ4n) is 2.74. The Morgan fingerprint density at radius 3 is 2.32 bits per heavy atom. The Bertz CT molecular complexity index is 455. The maximum atomic E-state index is 12.1. The minimum atomic E-state index is -0.0714. The molecule has 0 heterocycles. The quantitative estimate of drug-likeness (QED) is 0.820. The second-order valence-electron chi connectivity index (χ2n) is 5.58. The number of urea groups is 1. The van der Waals surface area contributed by atoms with Crippen LogP contribution in [0.5, 0.6) is 11.5 Å². The number of carbonyl (C=O) groups is 1. The van der Waals surface area contributed by atoms with Crippen LogP contribution in [0.2, 0.25) is 0 Å². The van der Waals surface area contributed by atoms with Crippen LogP contribution in [0, 0.1) is 0 Å². The summed E-state index contributed by atoms with van der Waals surface area (Å²) in [5.41, 5.74) is 0. The summed E-state index contributed by atoms with van der Waals surface area (Å²) in [5, 5.41) is 2.80. The fourth-order valence-corrected chi connectivity index (χ4v) is 2.74. The topological polar surface area (TPSA) is 50.8 Å². The predicted molar refractivity (Wildman–Crippen MR) is 86.3 cm³/mol. The number of ether oxygens (including phenoxy) is 2. The van der Waals surface area contributed by atoms with Gasteiger partial charge in [-0.2, -0.15) is 0 Å². The molecule has 5 nitrogen and oxygen atoms in total. The third kappa shape index (κ3) is 4.83. The van der Waals surface area contributed by atoms with Gasteiger partial charge in [0.05, 0.1) is 6.61 Å². The molecule has 0 spiro atoms. The van der Waals surface area contributed by atoms with Crippen LogP contribution in [-0.2, 0) is 0 Å². The smallest absolute Gasteiger partial charge is 0.319 e. The molecule has 1 saturated carbocycles. The molecule has 0 atom stereocenters. The number of hydrogen-bond donors (Lipinski definition) is 1. The molecular formula is C17H26N2O3. The van der Waals surface area contributed by atoms with Gasteiger partial charge < -0.3 is 19.7 Å². The van der Waals surface area contributed by atoms with Crippen LogP contribution < -0.4 is 14.8 Å². The lowest BCUT2D eigenvalue weighted by Gasteiger charge is -2.31. The van der Waals surface area contributed by atoms with Crippen LogP contribution in [0.25, 0.3) is 0 Å². The first kappa shape index (κ1) is 16.5. The predicted octanol–water partition coefficient (Wildman–Crippen LogP) is 3.40.